The maximum Gasteiger partial charge on any atom is 0.277 e. The van der Waals surface area contributed by atoms with Crippen LogP contribution < -0.4 is 10.2 Å². The molecule has 0 aliphatic rings. The molecule has 1 amide bonds. The molecule has 124 valence electrons. The van der Waals surface area contributed by atoms with Crippen LogP contribution in [0.1, 0.15) is 5.56 Å². The highest BCUT2D eigenvalue weighted by Crippen LogP contribution is 2.20. The summed E-state index contributed by atoms with van der Waals surface area (Å²) in [6.07, 6.45) is 1.22. The first-order chi connectivity index (χ1) is 11.5. The maximum atomic E-state index is 11.6. The molecule has 0 saturated carbocycles. The van der Waals surface area contributed by atoms with Crippen molar-refractivity contribution in [3.05, 3.63) is 68.2 Å². The lowest BCUT2D eigenvalue weighted by molar-refractivity contribution is -0.384. The predicted octanol–water partition coefficient (Wildman–Crippen LogP) is 3.43. The van der Waals surface area contributed by atoms with Crippen LogP contribution in [0.5, 0.6) is 5.75 Å². The van der Waals surface area contributed by atoms with Gasteiger partial charge in [-0.25, -0.2) is 5.43 Å². The number of carbonyl (C=O) groups is 1. The van der Waals surface area contributed by atoms with Gasteiger partial charge in [0.25, 0.3) is 11.6 Å². The molecule has 2 rings (SSSR count). The van der Waals surface area contributed by atoms with Gasteiger partial charge in [0.1, 0.15) is 5.75 Å². The maximum absolute atomic E-state index is 11.6. The SMILES string of the molecule is O=C(COc1ccc(Cl)cc1)N/N=C\c1cc([N+](=O)[O-])ccc1Cl. The molecule has 9 heteroatoms. The number of nitrogens with one attached hydrogen (secondary N) is 1. The Kier molecular flexibility index (Phi) is 6.11. The van der Waals surface area contributed by atoms with E-state index in [1.807, 2.05) is 0 Å². The fourth-order valence-electron chi connectivity index (χ4n) is 1.63. The standard InChI is InChI=1S/C15H11Cl2N3O4/c16-11-1-4-13(5-2-11)24-9-15(21)19-18-8-10-7-12(20(22)23)3-6-14(10)17/h1-8H,9H2,(H,19,21)/b18-8-. The number of amides is 1. The number of benzene rings is 2. The lowest BCUT2D eigenvalue weighted by Crippen LogP contribution is -2.24. The molecular formula is C15H11Cl2N3O4. The van der Waals surface area contributed by atoms with Crippen LogP contribution in [0.4, 0.5) is 5.69 Å². The second kappa shape index (κ2) is 8.28. The molecule has 24 heavy (non-hydrogen) atoms. The molecule has 7 nitrogen and oxygen atoms in total. The number of ether oxygens (including phenoxy) is 1. The van der Waals surface area contributed by atoms with Crippen molar-refractivity contribution in [1.82, 2.24) is 5.43 Å². The van der Waals surface area contributed by atoms with Crippen molar-refractivity contribution in [3.63, 3.8) is 0 Å². The molecule has 0 bridgehead atoms. The van der Waals surface area contributed by atoms with E-state index in [1.54, 1.807) is 24.3 Å². The molecule has 0 heterocycles. The molecule has 0 fully saturated rings. The number of hydrazone groups is 1. The highest BCUT2D eigenvalue weighted by Gasteiger charge is 2.08. The van der Waals surface area contributed by atoms with Crippen LogP contribution in [0.15, 0.2) is 47.6 Å². The Labute approximate surface area is 147 Å². The van der Waals surface area contributed by atoms with Crippen molar-refractivity contribution in [3.8, 4) is 5.75 Å². The van der Waals surface area contributed by atoms with Crippen molar-refractivity contribution in [2.24, 2.45) is 5.10 Å². The Bertz CT molecular complexity index is 779. The number of hydrogen-bond acceptors (Lipinski definition) is 5. The van der Waals surface area contributed by atoms with Crippen LogP contribution in [-0.2, 0) is 4.79 Å². The van der Waals surface area contributed by atoms with E-state index in [2.05, 4.69) is 10.5 Å². The topological polar surface area (TPSA) is 93.8 Å². The zero-order valence-corrected chi connectivity index (χ0v) is 13.6. The van der Waals surface area contributed by atoms with Crippen molar-refractivity contribution >= 4 is 41.0 Å². The fraction of sp³-hybridized carbons (Fsp3) is 0.0667. The van der Waals surface area contributed by atoms with Crippen LogP contribution in [-0.4, -0.2) is 23.7 Å². The lowest BCUT2D eigenvalue weighted by Gasteiger charge is -2.04. The predicted molar refractivity (Wildman–Crippen MR) is 90.8 cm³/mol. The van der Waals surface area contributed by atoms with Crippen molar-refractivity contribution < 1.29 is 14.5 Å². The molecule has 0 atom stereocenters. The Hall–Kier alpha value is -2.64. The third kappa shape index (κ3) is 5.22. The number of halogens is 2. The van der Waals surface area contributed by atoms with Gasteiger partial charge in [-0.3, -0.25) is 14.9 Å². The molecule has 0 radical (unpaired) electrons. The summed E-state index contributed by atoms with van der Waals surface area (Å²) in [5.41, 5.74) is 2.42. The van der Waals surface area contributed by atoms with E-state index in [4.69, 9.17) is 27.9 Å². The minimum absolute atomic E-state index is 0.127. The summed E-state index contributed by atoms with van der Waals surface area (Å²) in [7, 11) is 0. The molecule has 1 N–H and O–H groups in total. The summed E-state index contributed by atoms with van der Waals surface area (Å²) in [4.78, 5) is 21.8. The molecule has 2 aromatic carbocycles. The van der Waals surface area contributed by atoms with Gasteiger partial charge < -0.3 is 4.74 Å². The molecule has 2 aromatic rings. The monoisotopic (exact) mass is 367 g/mol. The Morgan fingerprint density at radius 3 is 2.62 bits per heavy atom. The quantitative estimate of drug-likeness (QED) is 0.480. The number of rotatable bonds is 6. The van der Waals surface area contributed by atoms with E-state index < -0.39 is 10.8 Å². The zero-order valence-electron chi connectivity index (χ0n) is 12.1. The van der Waals surface area contributed by atoms with E-state index in [-0.39, 0.29) is 17.3 Å². The van der Waals surface area contributed by atoms with Gasteiger partial charge in [0.15, 0.2) is 6.61 Å². The minimum atomic E-state index is -0.549. The van der Waals surface area contributed by atoms with Gasteiger partial charge in [-0.15, -0.1) is 0 Å². The molecule has 0 aromatic heterocycles. The number of hydrogen-bond donors (Lipinski definition) is 1. The molecule has 0 saturated heterocycles. The van der Waals surface area contributed by atoms with Gasteiger partial charge in [0.2, 0.25) is 0 Å². The summed E-state index contributed by atoms with van der Waals surface area (Å²) in [5, 5.41) is 15.2. The smallest absolute Gasteiger partial charge is 0.277 e. The van der Waals surface area contributed by atoms with Crippen LogP contribution in [0.25, 0.3) is 0 Å². The van der Waals surface area contributed by atoms with Crippen molar-refractivity contribution in [1.29, 1.82) is 0 Å². The summed E-state index contributed by atoms with van der Waals surface area (Å²) in [6, 6.07) is 10.4. The summed E-state index contributed by atoms with van der Waals surface area (Å²) >= 11 is 11.6. The summed E-state index contributed by atoms with van der Waals surface area (Å²) in [5.74, 6) is -0.0111. The first-order valence-corrected chi connectivity index (χ1v) is 7.35. The first-order valence-electron chi connectivity index (χ1n) is 6.60. The van der Waals surface area contributed by atoms with Gasteiger partial charge in [-0.1, -0.05) is 23.2 Å². The normalized spacial score (nSPS) is 10.6. The lowest BCUT2D eigenvalue weighted by atomic mass is 10.2. The highest BCUT2D eigenvalue weighted by molar-refractivity contribution is 6.33. The number of non-ortho nitro benzene ring substituents is 1. The van der Waals surface area contributed by atoms with Crippen LogP contribution >= 0.6 is 23.2 Å². The Morgan fingerprint density at radius 2 is 1.96 bits per heavy atom. The van der Waals surface area contributed by atoms with Gasteiger partial charge in [0, 0.05) is 27.7 Å². The fourth-order valence-corrected chi connectivity index (χ4v) is 1.92. The van der Waals surface area contributed by atoms with E-state index in [0.29, 0.717) is 16.3 Å². The highest BCUT2D eigenvalue weighted by atomic mass is 35.5. The minimum Gasteiger partial charge on any atom is -0.484 e. The van der Waals surface area contributed by atoms with E-state index >= 15 is 0 Å². The average molecular weight is 368 g/mol. The van der Waals surface area contributed by atoms with Crippen molar-refractivity contribution in [2.75, 3.05) is 6.61 Å². The molecule has 0 spiro atoms. The Morgan fingerprint density at radius 1 is 1.25 bits per heavy atom. The number of nitrogens with zero attached hydrogens (tertiary/aromatic N) is 2. The molecule has 0 unspecified atom stereocenters. The second-order valence-electron chi connectivity index (χ2n) is 4.50. The number of nitro groups is 1. The summed E-state index contributed by atoms with van der Waals surface area (Å²) in [6.45, 7) is -0.248. The van der Waals surface area contributed by atoms with Gasteiger partial charge in [-0.2, -0.15) is 5.10 Å². The second-order valence-corrected chi connectivity index (χ2v) is 5.34. The number of nitro benzene ring substituents is 1. The van der Waals surface area contributed by atoms with E-state index in [9.17, 15) is 14.9 Å². The van der Waals surface area contributed by atoms with Crippen LogP contribution in [0.3, 0.4) is 0 Å². The third-order valence-electron chi connectivity index (χ3n) is 2.77. The van der Waals surface area contributed by atoms with Crippen molar-refractivity contribution in [2.45, 2.75) is 0 Å². The first kappa shape index (κ1) is 17.7. The molecule has 0 aliphatic carbocycles. The number of carbonyl (C=O) groups excluding carboxylic acids is 1. The summed E-state index contributed by atoms with van der Waals surface area (Å²) < 4.78 is 5.24. The third-order valence-corrected chi connectivity index (χ3v) is 3.36. The van der Waals surface area contributed by atoms with Crippen LogP contribution in [0.2, 0.25) is 10.0 Å². The Balaban J connectivity index is 1.89. The van der Waals surface area contributed by atoms with E-state index in [0.717, 1.165) is 0 Å². The van der Waals surface area contributed by atoms with Gasteiger partial charge in [-0.05, 0) is 30.3 Å². The molecular weight excluding hydrogens is 357 g/mol. The molecule has 0 aliphatic heterocycles. The van der Waals surface area contributed by atoms with Gasteiger partial charge in [0.05, 0.1) is 11.1 Å². The van der Waals surface area contributed by atoms with E-state index in [1.165, 1.54) is 24.4 Å². The zero-order chi connectivity index (χ0) is 17.5. The van der Waals surface area contributed by atoms with Crippen LogP contribution in [0, 0.1) is 10.1 Å². The average Bonchev–Trinajstić information content (AvgIpc) is 2.56. The largest absolute Gasteiger partial charge is 0.484 e. The van der Waals surface area contributed by atoms with Gasteiger partial charge >= 0.3 is 0 Å².